The van der Waals surface area contributed by atoms with Crippen LogP contribution in [-0.2, 0) is 0 Å². The summed E-state index contributed by atoms with van der Waals surface area (Å²) in [5.74, 6) is 2.55. The summed E-state index contributed by atoms with van der Waals surface area (Å²) < 4.78 is 26.2. The van der Waals surface area contributed by atoms with Crippen LogP contribution in [-0.4, -0.2) is 56.0 Å². The first kappa shape index (κ1) is 47.1. The van der Waals surface area contributed by atoms with Crippen molar-refractivity contribution in [3.8, 4) is 46.6 Å². The summed E-state index contributed by atoms with van der Waals surface area (Å²) in [6.45, 7) is 0.462. The third-order valence-corrected chi connectivity index (χ3v) is 6.61. The largest absolute Gasteiger partial charge is 0.508 e. The van der Waals surface area contributed by atoms with E-state index in [-0.39, 0.29) is 33.8 Å². The summed E-state index contributed by atoms with van der Waals surface area (Å²) in [6, 6.07) is 18.2. The fraction of sp³-hybridized carbons (Fsp3) is 0.182. The molecule has 11 nitrogen and oxygen atoms in total. The first-order chi connectivity index (χ1) is 24.3. The van der Waals surface area contributed by atoms with Crippen molar-refractivity contribution in [2.24, 2.45) is 10.9 Å². The number of phenolic OH excluding ortho intramolecular Hbond substituents is 1. The number of phenols is 1. The minimum Gasteiger partial charge on any atom is -0.508 e. The highest BCUT2D eigenvalue weighted by atomic mass is 79.9. The van der Waals surface area contributed by atoms with Crippen LogP contribution in [0.2, 0.25) is 0 Å². The number of hydrogen-bond donors (Lipinski definition) is 3. The van der Waals surface area contributed by atoms with Gasteiger partial charge in [-0.3, -0.25) is 0 Å². The molecule has 0 aliphatic carbocycles. The monoisotopic (exact) mass is 884 g/mol. The Kier molecular flexibility index (Phi) is 25.7. The summed E-state index contributed by atoms with van der Waals surface area (Å²) in [7, 11) is 4.47. The number of nitrogens with zero attached hydrogens (tertiary/aromatic N) is 3. The topological polar surface area (TPSA) is 173 Å². The predicted octanol–water partition coefficient (Wildman–Crippen LogP) is 9.72. The number of alkyl halides is 1. The lowest BCUT2D eigenvalue weighted by atomic mass is 10.1. The Labute approximate surface area is 334 Å². The molecule has 0 aliphatic heterocycles. The van der Waals surface area contributed by atoms with Crippen molar-refractivity contribution in [2.75, 3.05) is 39.9 Å². The second kappa shape index (κ2) is 27.8. The highest BCUT2D eigenvalue weighted by molar-refractivity contribution is 9.09. The molecule has 0 heterocycles. The van der Waals surface area contributed by atoms with Gasteiger partial charge in [-0.1, -0.05) is 90.7 Å². The highest BCUT2D eigenvalue weighted by Gasteiger charge is 2.09. The molecule has 0 saturated heterocycles. The fourth-order valence-electron chi connectivity index (χ4n) is 3.14. The number of nitrogens with two attached hydrogens (primary N) is 1. The number of methoxy groups -OCH3 is 3. The average Bonchev–Trinajstić information content (AvgIpc) is 3.11. The lowest BCUT2D eigenvalue weighted by molar-refractivity contribution is 0.318. The number of aromatic hydroxyl groups is 1. The smallest absolute Gasteiger partial charge is 0.173 e. The fourth-order valence-corrected chi connectivity index (χ4v) is 4.24. The van der Waals surface area contributed by atoms with Crippen LogP contribution in [0.15, 0.2) is 91.5 Å². The van der Waals surface area contributed by atoms with Gasteiger partial charge in [-0.2, -0.15) is 10.5 Å². The van der Waals surface area contributed by atoms with Crippen molar-refractivity contribution >= 4 is 91.4 Å². The van der Waals surface area contributed by atoms with Crippen LogP contribution in [0.3, 0.4) is 0 Å². The van der Waals surface area contributed by atoms with Gasteiger partial charge in [-0.25, -0.2) is 0 Å². The van der Waals surface area contributed by atoms with Gasteiger partial charge in [0.2, 0.25) is 0 Å². The summed E-state index contributed by atoms with van der Waals surface area (Å²) in [6.07, 6.45) is 4.67. The molecule has 274 valence electrons. The average molecular weight is 888 g/mol. The van der Waals surface area contributed by atoms with Gasteiger partial charge in [-0.15, -0.1) is 0 Å². The third kappa shape index (κ3) is 20.6. The molecule has 0 aliphatic rings. The Morgan fingerprint density at radius 3 is 1.55 bits per heavy atom. The molecule has 51 heavy (non-hydrogen) atoms. The van der Waals surface area contributed by atoms with Gasteiger partial charge in [0, 0.05) is 17.5 Å². The van der Waals surface area contributed by atoms with Crippen molar-refractivity contribution in [3.63, 3.8) is 0 Å². The molecule has 0 amide bonds. The van der Waals surface area contributed by atoms with E-state index in [1.807, 2.05) is 12.1 Å². The molecule has 3 aromatic carbocycles. The third-order valence-electron chi connectivity index (χ3n) is 5.36. The number of oxime groups is 1. The quantitative estimate of drug-likeness (QED) is 0.0553. The number of halogens is 7. The molecule has 4 N–H and O–H groups in total. The van der Waals surface area contributed by atoms with E-state index in [0.29, 0.717) is 49.9 Å². The summed E-state index contributed by atoms with van der Waals surface area (Å²) >= 11 is 35.2. The van der Waals surface area contributed by atoms with Crippen molar-refractivity contribution in [1.29, 1.82) is 10.5 Å². The van der Waals surface area contributed by atoms with Crippen molar-refractivity contribution < 1.29 is 34.0 Å². The molecule has 3 aromatic rings. The molecule has 0 unspecified atom stereocenters. The first-order valence-corrected chi connectivity index (χ1v) is 17.1. The van der Waals surface area contributed by atoms with E-state index in [0.717, 1.165) is 5.33 Å². The number of nitriles is 2. The Balaban J connectivity index is 0.000000694. The van der Waals surface area contributed by atoms with Gasteiger partial charge in [0.05, 0.1) is 38.0 Å². The highest BCUT2D eigenvalue weighted by Crippen LogP contribution is 2.25. The zero-order valence-corrected chi connectivity index (χ0v) is 33.2. The van der Waals surface area contributed by atoms with Crippen LogP contribution in [0.25, 0.3) is 0 Å². The van der Waals surface area contributed by atoms with Gasteiger partial charge < -0.3 is 39.7 Å². The number of amidine groups is 1. The maximum absolute atomic E-state index is 8.96. The minimum atomic E-state index is -0.0665. The van der Waals surface area contributed by atoms with Crippen LogP contribution in [0, 0.1) is 22.7 Å². The molecule has 18 heteroatoms. The Bertz CT molecular complexity index is 1730. The number of ether oxygens (including phenoxy) is 5. The maximum atomic E-state index is 8.96. The molecule has 0 fully saturated rings. The summed E-state index contributed by atoms with van der Waals surface area (Å²) in [5, 5.41) is 38.6. The van der Waals surface area contributed by atoms with Crippen LogP contribution >= 0.6 is 85.5 Å². The van der Waals surface area contributed by atoms with Crippen LogP contribution in [0.4, 0.5) is 0 Å². The van der Waals surface area contributed by atoms with Crippen LogP contribution < -0.4 is 29.4 Å². The van der Waals surface area contributed by atoms with Crippen molar-refractivity contribution in [1.82, 2.24) is 0 Å². The summed E-state index contributed by atoms with van der Waals surface area (Å²) in [5.41, 5.74) is 6.71. The van der Waals surface area contributed by atoms with Crippen LogP contribution in [0.1, 0.15) is 16.7 Å². The normalized spacial score (nSPS) is 9.53. The van der Waals surface area contributed by atoms with E-state index in [2.05, 4.69) is 21.1 Å². The van der Waals surface area contributed by atoms with E-state index in [9.17, 15) is 0 Å². The summed E-state index contributed by atoms with van der Waals surface area (Å²) in [4.78, 5) is 0. The second-order valence-electron chi connectivity index (χ2n) is 8.58. The van der Waals surface area contributed by atoms with Gasteiger partial charge in [0.1, 0.15) is 73.3 Å². The van der Waals surface area contributed by atoms with Gasteiger partial charge >= 0.3 is 0 Å². The van der Waals surface area contributed by atoms with Crippen LogP contribution in [0.5, 0.6) is 34.5 Å². The van der Waals surface area contributed by atoms with E-state index in [1.54, 1.807) is 48.5 Å². The molecular weight excluding hydrogens is 857 g/mol. The molecule has 0 saturated carbocycles. The van der Waals surface area contributed by atoms with Gasteiger partial charge in [0.25, 0.3) is 0 Å². The number of allylic oxidation sites excluding steroid dienone is 1. The maximum Gasteiger partial charge on any atom is 0.173 e. The van der Waals surface area contributed by atoms with E-state index in [1.165, 1.54) is 45.6 Å². The lowest BCUT2D eigenvalue weighted by Gasteiger charge is -2.10. The molecule has 0 bridgehead atoms. The minimum absolute atomic E-state index is 0.0665. The number of rotatable bonds is 11. The molecule has 0 spiro atoms. The zero-order valence-electron chi connectivity index (χ0n) is 27.0. The molecule has 3 rings (SSSR count). The lowest BCUT2D eigenvalue weighted by Crippen LogP contribution is -2.14. The second-order valence-corrected chi connectivity index (χ2v) is 12.2. The van der Waals surface area contributed by atoms with Crippen molar-refractivity contribution in [2.45, 2.75) is 0 Å². The number of benzene rings is 3. The number of hydrogen-bond acceptors (Lipinski definition) is 10. The van der Waals surface area contributed by atoms with E-state index < -0.39 is 0 Å². The molecule has 0 atom stereocenters. The molecule has 0 radical (unpaired) electrons. The zero-order chi connectivity index (χ0) is 38.8. The van der Waals surface area contributed by atoms with E-state index in [4.69, 9.17) is 120 Å². The SMILES string of the molecule is COc1ccc(O)cc1C#N.COc1ccc(OCC=C(Cl)Cl)cc1/C(N)=N/O.COc1ccc(OCC=C(Cl)Cl)cc1C#N.ClC(Cl)=CCBr. The molecular formula is C33H31BrCl6N4O7. The predicted molar refractivity (Wildman–Crippen MR) is 207 cm³/mol. The Morgan fingerprint density at radius 2 is 1.16 bits per heavy atom. The standard InChI is InChI=1S/C11H12Cl2N2O3.C11H9Cl2NO2.C8H7NO2.C3H3BrCl2/c1-17-9-3-2-7(18-5-4-10(12)13)6-8(9)11(14)15-16;1-15-10-3-2-9(6-8(10)7-14)16-5-4-11(12)13;1-11-8-3-2-7(10)4-6(8)5-9;4-2-1-3(5)6/h2-4,6,16H,5H2,1H3,(H2,14,15);2-4,6H,5H2,1H3;2-4,10H,1H3;1H,2H2. The molecule has 0 aromatic heterocycles. The Morgan fingerprint density at radius 1 is 0.725 bits per heavy atom. The Hall–Kier alpha value is -3.85. The van der Waals surface area contributed by atoms with E-state index >= 15 is 0 Å². The van der Waals surface area contributed by atoms with Gasteiger partial charge in [-0.05, 0) is 60.7 Å². The van der Waals surface area contributed by atoms with Gasteiger partial charge in [0.15, 0.2) is 5.84 Å². The van der Waals surface area contributed by atoms with Crippen molar-refractivity contribution in [3.05, 3.63) is 103 Å². The first-order valence-electron chi connectivity index (χ1n) is 13.7.